The molecule has 0 aromatic heterocycles. The van der Waals surface area contributed by atoms with Gasteiger partial charge in [0.15, 0.2) is 0 Å². The second-order valence-corrected chi connectivity index (χ2v) is 23.5. The number of nitrogens with zero attached hydrogens (tertiary/aromatic N) is 1. The summed E-state index contributed by atoms with van der Waals surface area (Å²) in [5.74, 6) is 0.143. The molecule has 0 radical (unpaired) electrons. The lowest BCUT2D eigenvalue weighted by Gasteiger charge is -2.37. The molecular weight excluding hydrogens is 1030 g/mol. The molecule has 2 atom stereocenters. The van der Waals surface area contributed by atoms with Crippen molar-refractivity contribution in [3.05, 3.63) is 390 Å². The van der Waals surface area contributed by atoms with Gasteiger partial charge in [0.2, 0.25) is 0 Å². The summed E-state index contributed by atoms with van der Waals surface area (Å²) in [7, 11) is 0. The monoisotopic (exact) mass is 1100 g/mol. The second-order valence-electron chi connectivity index (χ2n) is 23.5. The van der Waals surface area contributed by atoms with E-state index < -0.39 is 10.8 Å². The molecule has 0 spiro atoms. The number of hydrogen-bond donors (Lipinski definition) is 0. The molecule has 0 amide bonds. The third-order valence-electron chi connectivity index (χ3n) is 18.9. The van der Waals surface area contributed by atoms with E-state index in [-0.39, 0.29) is 12.0 Å². The summed E-state index contributed by atoms with van der Waals surface area (Å²) in [5.41, 5.74) is 26.5. The Kier molecular flexibility index (Phi) is 12.4. The van der Waals surface area contributed by atoms with E-state index in [0.29, 0.717) is 0 Å². The largest absolute Gasteiger partial charge is 0.334 e. The van der Waals surface area contributed by atoms with Gasteiger partial charge < -0.3 is 4.90 Å². The Morgan fingerprint density at radius 3 is 1.35 bits per heavy atom. The fraction of sp³-hybridized carbons (Fsp3) is 0.0588. The van der Waals surface area contributed by atoms with Crippen molar-refractivity contribution in [2.75, 3.05) is 4.90 Å². The fourth-order valence-electron chi connectivity index (χ4n) is 15.0. The predicted molar refractivity (Wildman–Crippen MR) is 360 cm³/mol. The average molecular weight is 1100 g/mol. The quantitative estimate of drug-likeness (QED) is 0.125. The Hall–Kier alpha value is -10.6. The number of fused-ring (bicyclic) bond motifs is 7. The highest BCUT2D eigenvalue weighted by Gasteiger charge is 2.48. The van der Waals surface area contributed by atoms with E-state index in [1.165, 1.54) is 122 Å². The fourth-order valence-corrected chi connectivity index (χ4v) is 15.0. The van der Waals surface area contributed by atoms with E-state index in [9.17, 15) is 0 Å². The van der Waals surface area contributed by atoms with Crippen LogP contribution in [-0.4, -0.2) is 6.04 Å². The van der Waals surface area contributed by atoms with Gasteiger partial charge in [-0.2, -0.15) is 0 Å². The van der Waals surface area contributed by atoms with Crippen molar-refractivity contribution in [2.45, 2.75) is 23.8 Å². The van der Waals surface area contributed by atoms with Gasteiger partial charge in [0.1, 0.15) is 0 Å². The Labute approximate surface area is 504 Å². The van der Waals surface area contributed by atoms with Gasteiger partial charge in [-0.15, -0.1) is 0 Å². The Balaban J connectivity index is 0.792. The van der Waals surface area contributed by atoms with Crippen molar-refractivity contribution in [3.63, 3.8) is 0 Å². The number of hydrogen-bond acceptors (Lipinski definition) is 1. The smallest absolute Gasteiger partial charge is 0.0713 e. The molecule has 86 heavy (non-hydrogen) atoms. The van der Waals surface area contributed by atoms with Gasteiger partial charge in [-0.3, -0.25) is 0 Å². The minimum atomic E-state index is -0.474. The van der Waals surface area contributed by atoms with Crippen molar-refractivity contribution in [2.24, 2.45) is 5.92 Å². The number of benzene rings is 13. The molecule has 16 rings (SSSR count). The third kappa shape index (κ3) is 8.14. The zero-order chi connectivity index (χ0) is 57.2. The molecular formula is C85H61N. The van der Waals surface area contributed by atoms with E-state index in [4.69, 9.17) is 0 Å². The van der Waals surface area contributed by atoms with Crippen LogP contribution in [0.4, 0.5) is 11.4 Å². The molecule has 0 saturated heterocycles. The van der Waals surface area contributed by atoms with Gasteiger partial charge in [0.25, 0.3) is 0 Å². The van der Waals surface area contributed by atoms with E-state index in [1.807, 2.05) is 0 Å². The SMILES string of the molecule is CC1C=C(c2ccc3c(c2)C(c2ccccc2)(c2ccccc2)c2ccccc2-3)C=CC1N(c1ccc(-c2cccc(-c3ccc4ccccc4c3)c2)cc1)c1ccc(-c2cccc3c2-c2ccccc2C3(c2ccccc2)c2ccccc2)cc1. The van der Waals surface area contributed by atoms with Crippen LogP contribution in [0.25, 0.3) is 72.0 Å². The Morgan fingerprint density at radius 1 is 0.291 bits per heavy atom. The highest BCUT2D eigenvalue weighted by atomic mass is 15.2. The average Bonchev–Trinajstić information content (AvgIpc) is 1.62. The van der Waals surface area contributed by atoms with Gasteiger partial charge in [0.05, 0.1) is 16.9 Å². The van der Waals surface area contributed by atoms with Crippen molar-refractivity contribution < 1.29 is 0 Å². The maximum atomic E-state index is 2.56. The van der Waals surface area contributed by atoms with Crippen LogP contribution in [0.1, 0.15) is 57.0 Å². The Morgan fingerprint density at radius 2 is 0.733 bits per heavy atom. The van der Waals surface area contributed by atoms with Crippen LogP contribution in [0.2, 0.25) is 0 Å². The standard InChI is InChI=1S/C85H61N/c1-58-54-65(67-46-52-76-75-34-16-18-37-78(75)85(81(76)57-67,70-30-10-4-11-31-70)71-32-12-5-13-33-71)47-53-82(58)86(72-48-42-60(43-49-72)63-24-20-25-64(55-63)66-41-40-59-22-14-15-23-62(59)56-66)73-50-44-61(45-51-73)74-36-21-39-80-83(74)77-35-17-19-38-79(77)84(80,68-26-6-2-7-27-68)69-28-8-3-9-29-69/h2-58,82H,1H3. The first-order valence-electron chi connectivity index (χ1n) is 30.3. The van der Waals surface area contributed by atoms with E-state index in [0.717, 1.165) is 11.4 Å². The van der Waals surface area contributed by atoms with Crippen LogP contribution in [0, 0.1) is 5.92 Å². The maximum Gasteiger partial charge on any atom is 0.0713 e. The third-order valence-corrected chi connectivity index (χ3v) is 18.9. The van der Waals surface area contributed by atoms with Crippen LogP contribution >= 0.6 is 0 Å². The van der Waals surface area contributed by atoms with Crippen LogP contribution < -0.4 is 4.90 Å². The molecule has 0 N–H and O–H groups in total. The van der Waals surface area contributed by atoms with Crippen molar-refractivity contribution in [3.8, 4) is 55.6 Å². The molecule has 13 aromatic carbocycles. The highest BCUT2D eigenvalue weighted by Crippen LogP contribution is 2.59. The van der Waals surface area contributed by atoms with Crippen LogP contribution in [0.5, 0.6) is 0 Å². The lowest BCUT2D eigenvalue weighted by atomic mass is 9.67. The summed E-state index contributed by atoms with van der Waals surface area (Å²) < 4.78 is 0. The van der Waals surface area contributed by atoms with E-state index in [2.05, 4.69) is 352 Å². The summed E-state index contributed by atoms with van der Waals surface area (Å²) in [6.45, 7) is 2.39. The van der Waals surface area contributed by atoms with E-state index in [1.54, 1.807) is 0 Å². The maximum absolute atomic E-state index is 2.56. The number of anilines is 2. The number of rotatable bonds is 11. The summed E-state index contributed by atoms with van der Waals surface area (Å²) >= 11 is 0. The zero-order valence-electron chi connectivity index (χ0n) is 47.9. The molecule has 1 nitrogen and oxygen atoms in total. The summed E-state index contributed by atoms with van der Waals surface area (Å²) in [4.78, 5) is 2.56. The lowest BCUT2D eigenvalue weighted by molar-refractivity contribution is 0.611. The van der Waals surface area contributed by atoms with E-state index >= 15 is 0 Å². The molecule has 406 valence electrons. The van der Waals surface area contributed by atoms with Crippen LogP contribution in [0.3, 0.4) is 0 Å². The molecule has 0 saturated carbocycles. The molecule has 0 fully saturated rings. The van der Waals surface area contributed by atoms with Crippen LogP contribution in [-0.2, 0) is 10.8 Å². The molecule has 2 unspecified atom stereocenters. The summed E-state index contributed by atoms with van der Waals surface area (Å²) in [5, 5.41) is 2.50. The zero-order valence-corrected chi connectivity index (χ0v) is 47.9. The molecule has 3 aliphatic carbocycles. The number of allylic oxidation sites excluding steroid dienone is 2. The van der Waals surface area contributed by atoms with Crippen molar-refractivity contribution in [1.82, 2.24) is 0 Å². The van der Waals surface area contributed by atoms with Crippen molar-refractivity contribution >= 4 is 27.7 Å². The summed E-state index contributed by atoms with van der Waals surface area (Å²) in [6, 6.07) is 120. The summed E-state index contributed by atoms with van der Waals surface area (Å²) in [6.07, 6.45) is 7.34. The minimum absolute atomic E-state index is 0.0169. The lowest BCUT2D eigenvalue weighted by Crippen LogP contribution is -2.35. The van der Waals surface area contributed by atoms with Gasteiger partial charge in [-0.05, 0) is 170 Å². The highest BCUT2D eigenvalue weighted by molar-refractivity contribution is 5.96. The topological polar surface area (TPSA) is 3.24 Å². The van der Waals surface area contributed by atoms with Crippen molar-refractivity contribution in [1.29, 1.82) is 0 Å². The van der Waals surface area contributed by atoms with Gasteiger partial charge in [-0.1, -0.05) is 304 Å². The molecule has 0 bridgehead atoms. The van der Waals surface area contributed by atoms with Gasteiger partial charge in [0, 0.05) is 11.4 Å². The first-order valence-corrected chi connectivity index (χ1v) is 30.3. The molecule has 1 heteroatoms. The molecule has 0 aliphatic heterocycles. The Bertz CT molecular complexity index is 4670. The van der Waals surface area contributed by atoms with Gasteiger partial charge in [-0.25, -0.2) is 0 Å². The minimum Gasteiger partial charge on any atom is -0.334 e. The first kappa shape index (κ1) is 51.1. The molecule has 3 aliphatic rings. The first-order chi connectivity index (χ1) is 42.6. The normalized spacial score (nSPS) is 15.7. The van der Waals surface area contributed by atoms with Gasteiger partial charge >= 0.3 is 0 Å². The molecule has 13 aromatic rings. The van der Waals surface area contributed by atoms with Crippen LogP contribution in [0.15, 0.2) is 340 Å². The predicted octanol–water partition coefficient (Wildman–Crippen LogP) is 21.4. The molecule has 0 heterocycles. The second kappa shape index (κ2) is 20.9.